The summed E-state index contributed by atoms with van der Waals surface area (Å²) in [6.45, 7) is 1.62. The molecule has 2 aromatic heterocycles. The first-order valence-electron chi connectivity index (χ1n) is 8.21. The van der Waals surface area contributed by atoms with Gasteiger partial charge in [-0.05, 0) is 30.5 Å². The molecule has 0 aliphatic rings. The average molecular weight is 413 g/mol. The Morgan fingerprint density at radius 3 is 2.79 bits per heavy atom. The normalized spacial score (nSPS) is 11.6. The molecule has 0 spiro atoms. The van der Waals surface area contributed by atoms with E-state index in [4.69, 9.17) is 11.0 Å². The monoisotopic (exact) mass is 412 g/mol. The van der Waals surface area contributed by atoms with E-state index in [0.717, 1.165) is 16.6 Å². The van der Waals surface area contributed by atoms with Crippen LogP contribution in [-0.4, -0.2) is 31.8 Å². The Balaban J connectivity index is 1.80. The van der Waals surface area contributed by atoms with E-state index in [-0.39, 0.29) is 12.5 Å². The summed E-state index contributed by atoms with van der Waals surface area (Å²) in [5.74, 6) is -0.294. The first-order valence-corrected chi connectivity index (χ1v) is 9.97. The molecule has 0 radical (unpaired) electrons. The van der Waals surface area contributed by atoms with Gasteiger partial charge in [0.1, 0.15) is 12.6 Å². The molecule has 0 fully saturated rings. The molecule has 0 aliphatic heterocycles. The van der Waals surface area contributed by atoms with E-state index in [2.05, 4.69) is 15.5 Å². The number of nitrogens with one attached hydrogen (secondary N) is 1. The number of thioether (sulfide) groups is 1. The van der Waals surface area contributed by atoms with Crippen molar-refractivity contribution < 1.29 is 9.59 Å². The fourth-order valence-electron chi connectivity index (χ4n) is 2.40. The highest BCUT2D eigenvalue weighted by Crippen LogP contribution is 2.29. The second-order valence-corrected chi connectivity index (χ2v) is 8.00. The quantitative estimate of drug-likeness (QED) is 0.574. The summed E-state index contributed by atoms with van der Waals surface area (Å²) in [4.78, 5) is 24.9. The lowest BCUT2D eigenvalue weighted by atomic mass is 10.2. The molecule has 0 bridgehead atoms. The molecule has 3 N–H and O–H groups in total. The van der Waals surface area contributed by atoms with Crippen molar-refractivity contribution in [3.8, 4) is 16.8 Å². The van der Waals surface area contributed by atoms with Gasteiger partial charge in [0.25, 0.3) is 0 Å². The van der Waals surface area contributed by atoms with Gasteiger partial charge in [0.15, 0.2) is 11.0 Å². The van der Waals surface area contributed by atoms with Crippen LogP contribution in [0.15, 0.2) is 46.9 Å². The first kappa shape index (κ1) is 19.6. The summed E-state index contributed by atoms with van der Waals surface area (Å²) in [5.41, 5.74) is 6.19. The van der Waals surface area contributed by atoms with Crippen LogP contribution in [-0.2, 0) is 16.1 Å². The number of hydrogen-bond donors (Lipinski definition) is 2. The highest BCUT2D eigenvalue weighted by Gasteiger charge is 2.22. The lowest BCUT2D eigenvalue weighted by molar-refractivity contribution is -0.118. The maximum atomic E-state index is 12.6. The second-order valence-electron chi connectivity index (χ2n) is 5.74. The smallest absolute Gasteiger partial charge is 0.237 e. The maximum Gasteiger partial charge on any atom is 0.237 e. The van der Waals surface area contributed by atoms with Gasteiger partial charge in [-0.1, -0.05) is 30.0 Å². The van der Waals surface area contributed by atoms with Crippen LogP contribution in [0.1, 0.15) is 12.5 Å². The summed E-state index contributed by atoms with van der Waals surface area (Å²) in [6.07, 6.45) is 0. The molecule has 10 heteroatoms. The Kier molecular flexibility index (Phi) is 6.08. The Hall–Kier alpha value is -3.16. The van der Waals surface area contributed by atoms with E-state index >= 15 is 0 Å². The summed E-state index contributed by atoms with van der Waals surface area (Å²) in [5, 5.41) is 22.0. The molecule has 0 saturated carbocycles. The Morgan fingerprint density at radius 2 is 2.11 bits per heavy atom. The minimum absolute atomic E-state index is 0.0891. The largest absolute Gasteiger partial charge is 0.368 e. The van der Waals surface area contributed by atoms with E-state index in [0.29, 0.717) is 22.2 Å². The molecule has 0 aliphatic carbocycles. The van der Waals surface area contributed by atoms with Crippen LogP contribution in [0, 0.1) is 11.3 Å². The first-order chi connectivity index (χ1) is 13.5. The van der Waals surface area contributed by atoms with E-state index in [1.807, 2.05) is 23.6 Å². The van der Waals surface area contributed by atoms with Crippen LogP contribution in [0.5, 0.6) is 0 Å². The highest BCUT2D eigenvalue weighted by atomic mass is 32.2. The number of primary amides is 1. The standard InChI is InChI=1S/C18H16N6O2S2/c1-11(17(26)21-13-6-3-2-5-12(13)9-19)28-18-23-22-16(14-7-4-8-27-14)24(18)10-15(20)25/h2-8,11H,10H2,1H3,(H2,20,25)(H,21,26)/t11-/m1/s1. The summed E-state index contributed by atoms with van der Waals surface area (Å²) >= 11 is 2.63. The number of nitrogens with two attached hydrogens (primary N) is 1. The lowest BCUT2D eigenvalue weighted by Gasteiger charge is -2.13. The van der Waals surface area contributed by atoms with E-state index in [9.17, 15) is 9.59 Å². The Bertz CT molecular complexity index is 1040. The SMILES string of the molecule is C[C@@H](Sc1nnc(-c2cccs2)n1CC(N)=O)C(=O)Nc1ccccc1C#N. The number of carbonyl (C=O) groups excluding carboxylic acids is 2. The van der Waals surface area contributed by atoms with Crippen molar-refractivity contribution in [2.24, 2.45) is 5.73 Å². The Morgan fingerprint density at radius 1 is 1.32 bits per heavy atom. The third-order valence-electron chi connectivity index (χ3n) is 3.73. The average Bonchev–Trinajstić information content (AvgIpc) is 3.32. The summed E-state index contributed by atoms with van der Waals surface area (Å²) in [6, 6.07) is 12.5. The van der Waals surface area contributed by atoms with Gasteiger partial charge in [-0.15, -0.1) is 21.5 Å². The molecule has 3 rings (SSSR count). The van der Waals surface area contributed by atoms with Crippen molar-refractivity contribution in [2.45, 2.75) is 23.9 Å². The van der Waals surface area contributed by atoms with Crippen LogP contribution in [0.4, 0.5) is 5.69 Å². The van der Waals surface area contributed by atoms with Crippen LogP contribution in [0.2, 0.25) is 0 Å². The molecule has 3 aromatic rings. The number of nitrogens with zero attached hydrogens (tertiary/aromatic N) is 4. The van der Waals surface area contributed by atoms with Crippen molar-refractivity contribution in [2.75, 3.05) is 5.32 Å². The lowest BCUT2D eigenvalue weighted by Crippen LogP contribution is -2.24. The van der Waals surface area contributed by atoms with Gasteiger partial charge in [0.2, 0.25) is 11.8 Å². The van der Waals surface area contributed by atoms with Crippen molar-refractivity contribution in [3.63, 3.8) is 0 Å². The molecule has 8 nitrogen and oxygen atoms in total. The number of aromatic nitrogens is 3. The summed E-state index contributed by atoms with van der Waals surface area (Å²) in [7, 11) is 0. The third kappa shape index (κ3) is 4.39. The Labute approximate surface area is 169 Å². The molecular formula is C18H16N6O2S2. The van der Waals surface area contributed by atoms with Gasteiger partial charge >= 0.3 is 0 Å². The van der Waals surface area contributed by atoms with Gasteiger partial charge in [0.05, 0.1) is 21.4 Å². The zero-order valence-electron chi connectivity index (χ0n) is 14.8. The predicted molar refractivity (Wildman–Crippen MR) is 108 cm³/mol. The van der Waals surface area contributed by atoms with Crippen molar-refractivity contribution in [3.05, 3.63) is 47.3 Å². The number of anilines is 1. The van der Waals surface area contributed by atoms with E-state index in [1.54, 1.807) is 35.8 Å². The second kappa shape index (κ2) is 8.69. The number of thiophene rings is 1. The molecule has 2 amide bonds. The number of nitriles is 1. The molecule has 2 heterocycles. The van der Waals surface area contributed by atoms with Gasteiger partial charge in [-0.25, -0.2) is 0 Å². The van der Waals surface area contributed by atoms with Gasteiger partial charge in [0, 0.05) is 0 Å². The van der Waals surface area contributed by atoms with Gasteiger partial charge in [-0.3, -0.25) is 14.2 Å². The highest BCUT2D eigenvalue weighted by molar-refractivity contribution is 8.00. The van der Waals surface area contributed by atoms with Crippen LogP contribution < -0.4 is 11.1 Å². The van der Waals surface area contributed by atoms with Crippen LogP contribution >= 0.6 is 23.1 Å². The molecule has 1 atom stereocenters. The maximum absolute atomic E-state index is 12.6. The van der Waals surface area contributed by atoms with E-state index in [1.165, 1.54) is 11.3 Å². The molecule has 0 saturated heterocycles. The van der Waals surface area contributed by atoms with Crippen molar-refractivity contribution in [1.82, 2.24) is 14.8 Å². The minimum Gasteiger partial charge on any atom is -0.368 e. The molecule has 1 aromatic carbocycles. The molecular weight excluding hydrogens is 396 g/mol. The van der Waals surface area contributed by atoms with Crippen LogP contribution in [0.3, 0.4) is 0 Å². The topological polar surface area (TPSA) is 127 Å². The fraction of sp³-hybridized carbons (Fsp3) is 0.167. The zero-order valence-corrected chi connectivity index (χ0v) is 16.5. The van der Waals surface area contributed by atoms with E-state index < -0.39 is 11.2 Å². The fourth-order valence-corrected chi connectivity index (χ4v) is 3.96. The van der Waals surface area contributed by atoms with Crippen molar-refractivity contribution in [1.29, 1.82) is 5.26 Å². The van der Waals surface area contributed by atoms with Crippen molar-refractivity contribution >= 4 is 40.6 Å². The minimum atomic E-state index is -0.543. The zero-order chi connectivity index (χ0) is 20.1. The number of carbonyl (C=O) groups is 2. The number of hydrogen-bond acceptors (Lipinski definition) is 7. The predicted octanol–water partition coefficient (Wildman–Crippen LogP) is 2.48. The number of amides is 2. The number of para-hydroxylation sites is 1. The summed E-state index contributed by atoms with van der Waals surface area (Å²) < 4.78 is 1.60. The molecule has 142 valence electrons. The van der Waals surface area contributed by atoms with Gasteiger partial charge < -0.3 is 11.1 Å². The molecule has 0 unspecified atom stereocenters. The van der Waals surface area contributed by atoms with Crippen LogP contribution in [0.25, 0.3) is 10.7 Å². The number of rotatable bonds is 7. The third-order valence-corrected chi connectivity index (χ3v) is 5.68. The number of benzene rings is 1. The molecule has 28 heavy (non-hydrogen) atoms. The van der Waals surface area contributed by atoms with Gasteiger partial charge in [-0.2, -0.15) is 5.26 Å².